The molecule has 0 saturated heterocycles. The summed E-state index contributed by atoms with van der Waals surface area (Å²) in [6.45, 7) is 3.72. The molecule has 0 N–H and O–H groups in total. The standard InChI is InChI=1S/C19H23NO5/c1-19(2)10-6-7-16(21)20(19)17(22)9-8-13-11-14(23-3)18(25-5)15(12-13)24-4/h6-9,11-12H,10H2,1-5H3. The van der Waals surface area contributed by atoms with Gasteiger partial charge >= 0.3 is 0 Å². The van der Waals surface area contributed by atoms with Crippen LogP contribution in [0.25, 0.3) is 6.08 Å². The van der Waals surface area contributed by atoms with Crippen LogP contribution in [-0.4, -0.2) is 43.6 Å². The Bertz CT molecular complexity index is 708. The van der Waals surface area contributed by atoms with E-state index >= 15 is 0 Å². The lowest BCUT2D eigenvalue weighted by Crippen LogP contribution is -2.51. The molecule has 1 aromatic rings. The molecule has 0 radical (unpaired) electrons. The van der Waals surface area contributed by atoms with Crippen molar-refractivity contribution in [1.29, 1.82) is 0 Å². The molecule has 134 valence electrons. The monoisotopic (exact) mass is 345 g/mol. The predicted octanol–water partition coefficient (Wildman–Crippen LogP) is 2.82. The number of hydrogen-bond acceptors (Lipinski definition) is 5. The summed E-state index contributed by atoms with van der Waals surface area (Å²) in [5.41, 5.74) is 0.142. The molecule has 2 rings (SSSR count). The number of amides is 2. The minimum atomic E-state index is -0.553. The van der Waals surface area contributed by atoms with Gasteiger partial charge in [-0.25, -0.2) is 0 Å². The Morgan fingerprint density at radius 2 is 1.72 bits per heavy atom. The van der Waals surface area contributed by atoms with E-state index in [1.807, 2.05) is 13.8 Å². The molecule has 0 fully saturated rings. The molecule has 0 saturated carbocycles. The smallest absolute Gasteiger partial charge is 0.253 e. The summed E-state index contributed by atoms with van der Waals surface area (Å²) in [7, 11) is 4.57. The Hall–Kier alpha value is -2.76. The van der Waals surface area contributed by atoms with Crippen molar-refractivity contribution in [3.8, 4) is 17.2 Å². The zero-order valence-corrected chi connectivity index (χ0v) is 15.2. The van der Waals surface area contributed by atoms with Gasteiger partial charge in [0.15, 0.2) is 11.5 Å². The molecular formula is C19H23NO5. The van der Waals surface area contributed by atoms with E-state index in [0.717, 1.165) is 0 Å². The molecule has 0 bridgehead atoms. The van der Waals surface area contributed by atoms with Crippen LogP contribution in [-0.2, 0) is 9.59 Å². The Morgan fingerprint density at radius 3 is 2.20 bits per heavy atom. The number of carbonyl (C=O) groups excluding carboxylic acids is 2. The first kappa shape index (κ1) is 18.6. The maximum atomic E-state index is 12.5. The molecule has 0 aliphatic carbocycles. The van der Waals surface area contributed by atoms with Gasteiger partial charge in [-0.2, -0.15) is 0 Å². The highest BCUT2D eigenvalue weighted by atomic mass is 16.5. The summed E-state index contributed by atoms with van der Waals surface area (Å²) in [6, 6.07) is 3.46. The van der Waals surface area contributed by atoms with Crippen molar-refractivity contribution in [3.05, 3.63) is 35.9 Å². The third-order valence-corrected chi connectivity index (χ3v) is 4.03. The van der Waals surface area contributed by atoms with Crippen molar-refractivity contribution in [2.75, 3.05) is 21.3 Å². The molecule has 1 aliphatic heterocycles. The van der Waals surface area contributed by atoms with E-state index in [9.17, 15) is 9.59 Å². The van der Waals surface area contributed by atoms with E-state index in [1.54, 1.807) is 24.3 Å². The van der Waals surface area contributed by atoms with Gasteiger partial charge in [-0.05, 0) is 50.1 Å². The van der Waals surface area contributed by atoms with Crippen LogP contribution < -0.4 is 14.2 Å². The van der Waals surface area contributed by atoms with Crippen LogP contribution in [0.5, 0.6) is 17.2 Å². The van der Waals surface area contributed by atoms with E-state index in [1.165, 1.54) is 38.4 Å². The van der Waals surface area contributed by atoms with E-state index in [4.69, 9.17) is 14.2 Å². The zero-order chi connectivity index (χ0) is 18.6. The number of benzene rings is 1. The van der Waals surface area contributed by atoms with Gasteiger partial charge in [0, 0.05) is 11.6 Å². The molecule has 1 aromatic carbocycles. The van der Waals surface area contributed by atoms with Crippen LogP contribution in [0.4, 0.5) is 0 Å². The van der Waals surface area contributed by atoms with E-state index < -0.39 is 5.54 Å². The van der Waals surface area contributed by atoms with Crippen LogP contribution in [0.2, 0.25) is 0 Å². The molecule has 6 nitrogen and oxygen atoms in total. The van der Waals surface area contributed by atoms with Gasteiger partial charge < -0.3 is 14.2 Å². The summed E-state index contributed by atoms with van der Waals surface area (Å²) in [6.07, 6.45) is 6.84. The fourth-order valence-corrected chi connectivity index (χ4v) is 2.76. The van der Waals surface area contributed by atoms with E-state index in [2.05, 4.69) is 0 Å². The fourth-order valence-electron chi connectivity index (χ4n) is 2.76. The van der Waals surface area contributed by atoms with Gasteiger partial charge in [0.25, 0.3) is 11.8 Å². The largest absolute Gasteiger partial charge is 0.493 e. The molecule has 25 heavy (non-hydrogen) atoms. The van der Waals surface area contributed by atoms with Crippen LogP contribution in [0.15, 0.2) is 30.4 Å². The number of carbonyl (C=O) groups is 2. The lowest BCUT2D eigenvalue weighted by Gasteiger charge is -2.37. The maximum absolute atomic E-state index is 12.5. The zero-order valence-electron chi connectivity index (χ0n) is 15.2. The summed E-state index contributed by atoms with van der Waals surface area (Å²) in [5.74, 6) is 0.785. The van der Waals surface area contributed by atoms with Gasteiger partial charge in [-0.15, -0.1) is 0 Å². The van der Waals surface area contributed by atoms with Crippen molar-refractivity contribution in [2.45, 2.75) is 25.8 Å². The van der Waals surface area contributed by atoms with Crippen LogP contribution in [0, 0.1) is 0 Å². The number of nitrogens with zero attached hydrogens (tertiary/aromatic N) is 1. The van der Waals surface area contributed by atoms with Crippen molar-refractivity contribution >= 4 is 17.9 Å². The van der Waals surface area contributed by atoms with Crippen molar-refractivity contribution < 1.29 is 23.8 Å². The maximum Gasteiger partial charge on any atom is 0.253 e. The SMILES string of the molecule is COc1cc(C=CC(=O)N2C(=O)C=CCC2(C)C)cc(OC)c1OC. The minimum absolute atomic E-state index is 0.309. The average Bonchev–Trinajstić information content (AvgIpc) is 2.57. The Kier molecular flexibility index (Phi) is 5.51. The molecule has 1 aliphatic rings. The summed E-state index contributed by atoms with van der Waals surface area (Å²) >= 11 is 0. The van der Waals surface area contributed by atoms with Gasteiger partial charge in [-0.3, -0.25) is 14.5 Å². The molecule has 0 unspecified atom stereocenters. The number of methoxy groups -OCH3 is 3. The first-order valence-electron chi connectivity index (χ1n) is 7.87. The second-order valence-corrected chi connectivity index (χ2v) is 6.22. The number of hydrogen-bond donors (Lipinski definition) is 0. The second kappa shape index (κ2) is 7.42. The molecule has 0 aromatic heterocycles. The number of ether oxygens (including phenoxy) is 3. The highest BCUT2D eigenvalue weighted by Gasteiger charge is 2.35. The quantitative estimate of drug-likeness (QED) is 0.768. The first-order chi connectivity index (χ1) is 11.8. The highest BCUT2D eigenvalue weighted by molar-refractivity contribution is 6.07. The van der Waals surface area contributed by atoms with Gasteiger partial charge in [0.2, 0.25) is 5.75 Å². The van der Waals surface area contributed by atoms with Gasteiger partial charge in [0.1, 0.15) is 0 Å². The summed E-state index contributed by atoms with van der Waals surface area (Å²) < 4.78 is 15.9. The third-order valence-electron chi connectivity index (χ3n) is 4.03. The Labute approximate surface area is 147 Å². The molecule has 0 atom stereocenters. The van der Waals surface area contributed by atoms with Crippen LogP contribution in [0.1, 0.15) is 25.8 Å². The molecule has 6 heteroatoms. The molecular weight excluding hydrogens is 322 g/mol. The number of imide groups is 1. The highest BCUT2D eigenvalue weighted by Crippen LogP contribution is 2.38. The van der Waals surface area contributed by atoms with Crippen molar-refractivity contribution in [1.82, 2.24) is 4.90 Å². The number of rotatable bonds is 5. The van der Waals surface area contributed by atoms with E-state index in [-0.39, 0.29) is 11.8 Å². The lowest BCUT2D eigenvalue weighted by atomic mass is 9.94. The first-order valence-corrected chi connectivity index (χ1v) is 7.87. The van der Waals surface area contributed by atoms with Crippen molar-refractivity contribution in [3.63, 3.8) is 0 Å². The Morgan fingerprint density at radius 1 is 1.12 bits per heavy atom. The average molecular weight is 345 g/mol. The summed E-state index contributed by atoms with van der Waals surface area (Å²) in [4.78, 5) is 25.9. The fraction of sp³-hybridized carbons (Fsp3) is 0.368. The Balaban J connectivity index is 2.31. The summed E-state index contributed by atoms with van der Waals surface area (Å²) in [5, 5.41) is 0. The van der Waals surface area contributed by atoms with Gasteiger partial charge in [0.05, 0.1) is 21.3 Å². The van der Waals surface area contributed by atoms with Crippen LogP contribution >= 0.6 is 0 Å². The predicted molar refractivity (Wildman–Crippen MR) is 94.8 cm³/mol. The van der Waals surface area contributed by atoms with Gasteiger partial charge in [-0.1, -0.05) is 6.08 Å². The van der Waals surface area contributed by atoms with Crippen LogP contribution in [0.3, 0.4) is 0 Å². The topological polar surface area (TPSA) is 65.1 Å². The lowest BCUT2D eigenvalue weighted by molar-refractivity contribution is -0.145. The van der Waals surface area contributed by atoms with Crippen molar-refractivity contribution in [2.24, 2.45) is 0 Å². The third kappa shape index (κ3) is 3.84. The van der Waals surface area contributed by atoms with E-state index in [0.29, 0.717) is 29.2 Å². The molecule has 1 heterocycles. The normalized spacial score (nSPS) is 16.2. The second-order valence-electron chi connectivity index (χ2n) is 6.22. The minimum Gasteiger partial charge on any atom is -0.493 e. The molecule has 2 amide bonds. The molecule has 0 spiro atoms.